The highest BCUT2D eigenvalue weighted by Gasteiger charge is 2.24. The average molecular weight is 332 g/mol. The van der Waals surface area contributed by atoms with Crippen LogP contribution < -0.4 is 0 Å². The van der Waals surface area contributed by atoms with Crippen LogP contribution in [-0.4, -0.2) is 31.3 Å². The molecule has 1 aliphatic heterocycles. The maximum atomic E-state index is 12.2. The minimum atomic E-state index is 0.0744. The molecule has 0 saturated carbocycles. The number of carbonyl (C=O) groups excluding carboxylic acids is 1. The van der Waals surface area contributed by atoms with E-state index in [0.717, 1.165) is 27.3 Å². The van der Waals surface area contributed by atoms with Crippen LogP contribution in [-0.2, 0) is 6.54 Å². The van der Waals surface area contributed by atoms with Crippen molar-refractivity contribution in [2.24, 2.45) is 0 Å². The Morgan fingerprint density at radius 3 is 2.91 bits per heavy atom. The van der Waals surface area contributed by atoms with Gasteiger partial charge < -0.3 is 5.11 Å². The number of benzene rings is 1. The second-order valence-corrected chi connectivity index (χ2v) is 6.70. The zero-order valence-electron chi connectivity index (χ0n) is 12.4. The van der Waals surface area contributed by atoms with Crippen LogP contribution >= 0.6 is 24.0 Å². The number of carbonyl (C=O) groups is 1. The third-order valence-electron chi connectivity index (χ3n) is 3.89. The van der Waals surface area contributed by atoms with Gasteiger partial charge in [0.05, 0.1) is 16.6 Å². The Kier molecular flexibility index (Phi) is 4.06. The van der Waals surface area contributed by atoms with Gasteiger partial charge in [0.15, 0.2) is 5.78 Å². The van der Waals surface area contributed by atoms with E-state index in [1.54, 1.807) is 18.0 Å². The summed E-state index contributed by atoms with van der Waals surface area (Å²) in [6.45, 7) is 4.40. The fraction of sp³-hybridized carbons (Fsp3) is 0.312. The minimum Gasteiger partial charge on any atom is -0.493 e. The lowest BCUT2D eigenvalue weighted by atomic mass is 9.94. The molecule has 1 aromatic heterocycles. The van der Waals surface area contributed by atoms with Crippen molar-refractivity contribution in [3.8, 4) is 5.88 Å². The van der Waals surface area contributed by atoms with Gasteiger partial charge in [0.25, 0.3) is 0 Å². The monoisotopic (exact) mass is 332 g/mol. The highest BCUT2D eigenvalue weighted by Crippen LogP contribution is 2.34. The zero-order chi connectivity index (χ0) is 15.9. The van der Waals surface area contributed by atoms with Gasteiger partial charge in [0, 0.05) is 29.2 Å². The smallest absolute Gasteiger partial charge is 0.218 e. The normalized spacial score (nSPS) is 14.0. The predicted molar refractivity (Wildman–Crippen MR) is 91.2 cm³/mol. The number of thioether (sulfide) groups is 1. The predicted octanol–water partition coefficient (Wildman–Crippen LogP) is 3.36. The van der Waals surface area contributed by atoms with Gasteiger partial charge in [-0.15, -0.1) is 11.8 Å². The van der Waals surface area contributed by atoms with Crippen molar-refractivity contribution in [1.82, 2.24) is 9.78 Å². The molecule has 0 radical (unpaired) electrons. The summed E-state index contributed by atoms with van der Waals surface area (Å²) < 4.78 is 1.50. The molecule has 2 heterocycles. The molecule has 4 nitrogen and oxygen atoms in total. The van der Waals surface area contributed by atoms with Gasteiger partial charge >= 0.3 is 0 Å². The van der Waals surface area contributed by atoms with Crippen LogP contribution in [0.4, 0.5) is 0 Å². The number of aromatic nitrogens is 2. The number of aromatic hydroxyl groups is 1. The molecular weight excluding hydrogens is 316 g/mol. The number of rotatable bonds is 3. The summed E-state index contributed by atoms with van der Waals surface area (Å²) in [5.41, 5.74) is 3.02. The van der Waals surface area contributed by atoms with Crippen molar-refractivity contribution >= 4 is 34.6 Å². The van der Waals surface area contributed by atoms with Crippen LogP contribution in [0.5, 0.6) is 5.88 Å². The van der Waals surface area contributed by atoms with Gasteiger partial charge in [-0.25, -0.2) is 4.68 Å². The van der Waals surface area contributed by atoms with E-state index in [-0.39, 0.29) is 11.7 Å². The molecule has 114 valence electrons. The minimum absolute atomic E-state index is 0.0744. The molecule has 1 N–H and O–H groups in total. The number of nitrogens with zero attached hydrogens (tertiary/aromatic N) is 2. The van der Waals surface area contributed by atoms with E-state index in [9.17, 15) is 9.90 Å². The topological polar surface area (TPSA) is 55.1 Å². The summed E-state index contributed by atoms with van der Waals surface area (Å²) in [5, 5.41) is 14.3. The first-order chi connectivity index (χ1) is 10.5. The Morgan fingerprint density at radius 1 is 1.45 bits per heavy atom. The number of ketones is 1. The third kappa shape index (κ3) is 2.36. The van der Waals surface area contributed by atoms with Crippen LogP contribution in [0.15, 0.2) is 23.2 Å². The lowest BCUT2D eigenvalue weighted by Crippen LogP contribution is -2.13. The molecule has 0 bridgehead atoms. The SMILES string of the molecule is CCn1ncc(C(=S)c2ccc3c(c2C)C(=O)CCS3)c1O. The first-order valence-corrected chi connectivity index (χ1v) is 8.53. The Hall–Kier alpha value is -1.66. The summed E-state index contributed by atoms with van der Waals surface area (Å²) in [7, 11) is 0. The summed E-state index contributed by atoms with van der Waals surface area (Å²) >= 11 is 7.24. The van der Waals surface area contributed by atoms with Gasteiger partial charge in [-0.2, -0.15) is 5.10 Å². The third-order valence-corrected chi connectivity index (χ3v) is 5.39. The molecular formula is C16H16N2O2S2. The molecule has 0 atom stereocenters. The second kappa shape index (κ2) is 5.85. The first kappa shape index (κ1) is 15.2. The van der Waals surface area contributed by atoms with Gasteiger partial charge in [-0.1, -0.05) is 18.3 Å². The average Bonchev–Trinajstić information content (AvgIpc) is 2.88. The molecule has 0 saturated heterocycles. The van der Waals surface area contributed by atoms with Crippen molar-refractivity contribution < 1.29 is 9.90 Å². The molecule has 0 unspecified atom stereocenters. The van der Waals surface area contributed by atoms with E-state index < -0.39 is 0 Å². The van der Waals surface area contributed by atoms with E-state index in [0.29, 0.717) is 23.4 Å². The molecule has 0 aliphatic carbocycles. The van der Waals surface area contributed by atoms with Crippen LogP contribution in [0.3, 0.4) is 0 Å². The lowest BCUT2D eigenvalue weighted by molar-refractivity contribution is 0.0984. The molecule has 0 spiro atoms. The first-order valence-electron chi connectivity index (χ1n) is 7.13. The maximum absolute atomic E-state index is 12.2. The fourth-order valence-corrected chi connectivity index (χ4v) is 4.14. The molecule has 6 heteroatoms. The number of Topliss-reactive ketones (excluding diaryl/α,β-unsaturated/α-hetero) is 1. The van der Waals surface area contributed by atoms with Crippen LogP contribution in [0.2, 0.25) is 0 Å². The van der Waals surface area contributed by atoms with Gasteiger partial charge in [0.2, 0.25) is 5.88 Å². The number of aryl methyl sites for hydroxylation is 1. The maximum Gasteiger partial charge on any atom is 0.218 e. The van der Waals surface area contributed by atoms with E-state index in [1.165, 1.54) is 4.68 Å². The number of fused-ring (bicyclic) bond motifs is 1. The van der Waals surface area contributed by atoms with Crippen molar-refractivity contribution in [3.05, 3.63) is 40.6 Å². The van der Waals surface area contributed by atoms with Gasteiger partial charge in [0.1, 0.15) is 0 Å². The van der Waals surface area contributed by atoms with Crippen molar-refractivity contribution in [1.29, 1.82) is 0 Å². The molecule has 1 aromatic carbocycles. The quantitative estimate of drug-likeness (QED) is 0.690. The Balaban J connectivity index is 2.09. The summed E-state index contributed by atoms with van der Waals surface area (Å²) in [4.78, 5) is 13.8. The summed E-state index contributed by atoms with van der Waals surface area (Å²) in [5.74, 6) is 1.08. The molecule has 22 heavy (non-hydrogen) atoms. The van der Waals surface area contributed by atoms with Crippen molar-refractivity contribution in [2.45, 2.75) is 31.7 Å². The number of hydrogen-bond acceptors (Lipinski definition) is 5. The molecule has 3 rings (SSSR count). The van der Waals surface area contributed by atoms with E-state index in [1.807, 2.05) is 26.0 Å². The second-order valence-electron chi connectivity index (χ2n) is 5.16. The fourth-order valence-electron chi connectivity index (χ4n) is 2.69. The van der Waals surface area contributed by atoms with Crippen LogP contribution in [0.25, 0.3) is 0 Å². The molecule has 0 fully saturated rings. The number of thiocarbonyl (C=S) groups is 1. The highest BCUT2D eigenvalue weighted by molar-refractivity contribution is 7.99. The largest absolute Gasteiger partial charge is 0.493 e. The lowest BCUT2D eigenvalue weighted by Gasteiger charge is -2.19. The molecule has 0 amide bonds. The van der Waals surface area contributed by atoms with Crippen LogP contribution in [0.1, 0.15) is 40.4 Å². The van der Waals surface area contributed by atoms with Crippen LogP contribution in [0, 0.1) is 6.92 Å². The van der Waals surface area contributed by atoms with Crippen molar-refractivity contribution in [3.63, 3.8) is 0 Å². The summed E-state index contributed by atoms with van der Waals surface area (Å²) in [6.07, 6.45) is 2.14. The molecule has 2 aromatic rings. The van der Waals surface area contributed by atoms with Gasteiger partial charge in [-0.05, 0) is 31.0 Å². The highest BCUT2D eigenvalue weighted by atomic mass is 32.2. The van der Waals surface area contributed by atoms with Crippen molar-refractivity contribution in [2.75, 3.05) is 5.75 Å². The Labute approximate surface area is 138 Å². The van der Waals surface area contributed by atoms with E-state index >= 15 is 0 Å². The summed E-state index contributed by atoms with van der Waals surface area (Å²) in [6, 6.07) is 3.89. The van der Waals surface area contributed by atoms with E-state index in [2.05, 4.69) is 5.10 Å². The van der Waals surface area contributed by atoms with E-state index in [4.69, 9.17) is 12.2 Å². The standard InChI is InChI=1S/C16H16N2O2S2/c1-3-18-16(20)11(8-17-18)15(21)10-4-5-13-14(9(10)2)12(19)6-7-22-13/h4-5,8,20H,3,6-7H2,1-2H3. The number of hydrogen-bond donors (Lipinski definition) is 1. The molecule has 1 aliphatic rings. The Morgan fingerprint density at radius 2 is 2.23 bits per heavy atom. The van der Waals surface area contributed by atoms with Gasteiger partial charge in [-0.3, -0.25) is 4.79 Å². The Bertz CT molecular complexity index is 781. The zero-order valence-corrected chi connectivity index (χ0v) is 14.1.